The van der Waals surface area contributed by atoms with Crippen LogP contribution in [0.5, 0.6) is 0 Å². The third kappa shape index (κ3) is 6.07. The first-order chi connectivity index (χ1) is 20.9. The second kappa shape index (κ2) is 12.2. The van der Waals surface area contributed by atoms with Crippen LogP contribution in [0.4, 0.5) is 0 Å². The third-order valence-electron chi connectivity index (χ3n) is 7.92. The number of hydrogen-bond donors (Lipinski definition) is 2. The molecule has 0 atom stereocenters. The van der Waals surface area contributed by atoms with Crippen molar-refractivity contribution in [1.29, 1.82) is 0 Å². The van der Waals surface area contributed by atoms with E-state index in [-0.39, 0.29) is 41.7 Å². The third-order valence-corrected chi connectivity index (χ3v) is 8.12. The minimum absolute atomic E-state index is 0.0536. The van der Waals surface area contributed by atoms with Crippen molar-refractivity contribution in [3.63, 3.8) is 0 Å². The highest BCUT2D eigenvalue weighted by Gasteiger charge is 2.26. The molecule has 1 saturated carbocycles. The number of aryl methyl sites for hydroxylation is 1. The van der Waals surface area contributed by atoms with Crippen LogP contribution in [0.2, 0.25) is 5.02 Å². The summed E-state index contributed by atoms with van der Waals surface area (Å²) in [5.41, 5.74) is 3.98. The van der Waals surface area contributed by atoms with Gasteiger partial charge in [-0.1, -0.05) is 28.9 Å². The van der Waals surface area contributed by atoms with Crippen molar-refractivity contribution in [2.45, 2.75) is 51.7 Å². The Hall–Kier alpha value is -4.77. The zero-order chi connectivity index (χ0) is 29.9. The monoisotopic (exact) mass is 599 g/mol. The van der Waals surface area contributed by atoms with E-state index in [0.29, 0.717) is 34.2 Å². The molecule has 1 aromatic carbocycles. The second-order valence-corrected chi connectivity index (χ2v) is 11.2. The van der Waals surface area contributed by atoms with Crippen LogP contribution in [0, 0.1) is 12.8 Å². The minimum Gasteiger partial charge on any atom is -0.364 e. The van der Waals surface area contributed by atoms with E-state index in [4.69, 9.17) is 16.1 Å². The van der Waals surface area contributed by atoms with Gasteiger partial charge in [-0.3, -0.25) is 23.7 Å². The average molecular weight is 600 g/mol. The summed E-state index contributed by atoms with van der Waals surface area (Å²) in [7, 11) is 0. The van der Waals surface area contributed by atoms with Gasteiger partial charge in [0.1, 0.15) is 17.7 Å². The Labute approximate surface area is 251 Å². The standard InChI is InChI=1S/C31H30ClN7O4/c1-19-25(14-21(32)15-33-19)29(40)36-22-8-6-20(7-9-22)18-38-27-4-2-3-5-28(27)39(31(38)42)24-10-11-26(34-17-24)30(41)35-16-23-12-13-43-37-23/h2-5,10-15,17,20,22H,6-9,16,18H2,1H3,(H,35,41)(H,36,40)/t20-,22-. The zero-order valence-corrected chi connectivity index (χ0v) is 24.3. The number of pyridine rings is 2. The van der Waals surface area contributed by atoms with E-state index in [1.165, 1.54) is 18.7 Å². The van der Waals surface area contributed by atoms with Crippen molar-refractivity contribution in [2.75, 3.05) is 0 Å². The Morgan fingerprint density at radius 3 is 2.51 bits per heavy atom. The fourth-order valence-corrected chi connectivity index (χ4v) is 5.78. The second-order valence-electron chi connectivity index (χ2n) is 10.8. The number of halogens is 1. The number of nitrogens with one attached hydrogen (secondary N) is 2. The maximum Gasteiger partial charge on any atom is 0.333 e. The molecule has 1 aliphatic rings. The predicted octanol–water partition coefficient (Wildman–Crippen LogP) is 4.45. The predicted molar refractivity (Wildman–Crippen MR) is 160 cm³/mol. The minimum atomic E-state index is -0.351. The van der Waals surface area contributed by atoms with Crippen molar-refractivity contribution >= 4 is 34.4 Å². The molecule has 0 saturated heterocycles. The number of aromatic nitrogens is 5. The summed E-state index contributed by atoms with van der Waals surface area (Å²) in [6.07, 6.45) is 7.91. The zero-order valence-electron chi connectivity index (χ0n) is 23.5. The summed E-state index contributed by atoms with van der Waals surface area (Å²) in [4.78, 5) is 47.6. The van der Waals surface area contributed by atoms with E-state index in [0.717, 1.165) is 36.7 Å². The van der Waals surface area contributed by atoms with Crippen LogP contribution in [0.15, 0.2) is 76.5 Å². The first-order valence-electron chi connectivity index (χ1n) is 14.1. The van der Waals surface area contributed by atoms with Gasteiger partial charge in [0.2, 0.25) is 0 Å². The molecule has 2 N–H and O–H groups in total. The lowest BCUT2D eigenvalue weighted by atomic mass is 9.85. The number of carbonyl (C=O) groups is 2. The number of fused-ring (bicyclic) bond motifs is 1. The van der Waals surface area contributed by atoms with E-state index in [2.05, 4.69) is 25.8 Å². The molecule has 1 fully saturated rings. The fourth-order valence-electron chi connectivity index (χ4n) is 5.63. The summed E-state index contributed by atoms with van der Waals surface area (Å²) < 4.78 is 8.23. The first kappa shape index (κ1) is 28.4. The largest absolute Gasteiger partial charge is 0.364 e. The van der Waals surface area contributed by atoms with Crippen LogP contribution < -0.4 is 16.3 Å². The van der Waals surface area contributed by atoms with Gasteiger partial charge in [0.15, 0.2) is 0 Å². The van der Waals surface area contributed by atoms with Gasteiger partial charge in [-0.15, -0.1) is 0 Å². The normalized spacial score (nSPS) is 16.7. The molecule has 0 aliphatic heterocycles. The Bertz CT molecular complexity index is 1820. The Morgan fingerprint density at radius 1 is 1.00 bits per heavy atom. The van der Waals surface area contributed by atoms with E-state index in [9.17, 15) is 14.4 Å². The Kier molecular flexibility index (Phi) is 8.06. The summed E-state index contributed by atoms with van der Waals surface area (Å²) in [5.74, 6) is -0.230. The van der Waals surface area contributed by atoms with Crippen molar-refractivity contribution in [3.05, 3.63) is 105 Å². The van der Waals surface area contributed by atoms with Crippen molar-refractivity contribution in [1.82, 2.24) is 34.9 Å². The lowest BCUT2D eigenvalue weighted by Crippen LogP contribution is -2.39. The van der Waals surface area contributed by atoms with Gasteiger partial charge >= 0.3 is 5.69 Å². The topological polar surface area (TPSA) is 137 Å². The van der Waals surface area contributed by atoms with E-state index >= 15 is 0 Å². The maximum absolute atomic E-state index is 13.8. The molecule has 0 bridgehead atoms. The molecule has 0 spiro atoms. The lowest BCUT2D eigenvalue weighted by Gasteiger charge is -2.29. The van der Waals surface area contributed by atoms with E-state index in [1.807, 2.05) is 28.8 Å². The molecule has 2 amide bonds. The van der Waals surface area contributed by atoms with Crippen LogP contribution in [0.3, 0.4) is 0 Å². The summed E-state index contributed by atoms with van der Waals surface area (Å²) in [6.45, 7) is 2.58. The lowest BCUT2D eigenvalue weighted by molar-refractivity contribution is 0.0917. The van der Waals surface area contributed by atoms with Crippen molar-refractivity contribution in [2.24, 2.45) is 5.92 Å². The molecule has 12 heteroatoms. The number of rotatable bonds is 8. The molecule has 4 aromatic heterocycles. The quantitative estimate of drug-likeness (QED) is 0.269. The molecule has 6 rings (SSSR count). The smallest absolute Gasteiger partial charge is 0.333 e. The van der Waals surface area contributed by atoms with Crippen LogP contribution in [-0.2, 0) is 13.1 Å². The number of nitrogens with zero attached hydrogens (tertiary/aromatic N) is 5. The number of benzene rings is 1. The molecule has 0 radical (unpaired) electrons. The molecule has 1 aliphatic carbocycles. The van der Waals surface area contributed by atoms with E-state index in [1.54, 1.807) is 35.8 Å². The van der Waals surface area contributed by atoms with Gasteiger partial charge < -0.3 is 15.2 Å². The average Bonchev–Trinajstić information content (AvgIpc) is 3.64. The number of imidazole rings is 1. The van der Waals surface area contributed by atoms with Gasteiger partial charge in [0.25, 0.3) is 11.8 Å². The number of para-hydroxylation sites is 2. The van der Waals surface area contributed by atoms with E-state index < -0.39 is 0 Å². The summed E-state index contributed by atoms with van der Waals surface area (Å²) in [5, 5.41) is 10.1. The number of hydrogen-bond acceptors (Lipinski definition) is 7. The Morgan fingerprint density at radius 2 is 1.79 bits per heavy atom. The first-order valence-corrected chi connectivity index (χ1v) is 14.5. The number of carbonyl (C=O) groups excluding carboxylic acids is 2. The molecule has 4 heterocycles. The highest BCUT2D eigenvalue weighted by Crippen LogP contribution is 2.28. The van der Waals surface area contributed by atoms with Gasteiger partial charge in [-0.2, -0.15) is 0 Å². The van der Waals surface area contributed by atoms with Crippen LogP contribution in [-0.4, -0.2) is 42.1 Å². The molecule has 220 valence electrons. The molecule has 43 heavy (non-hydrogen) atoms. The van der Waals surface area contributed by atoms with Gasteiger partial charge in [-0.25, -0.2) is 9.78 Å². The molecular weight excluding hydrogens is 570 g/mol. The fraction of sp³-hybridized carbons (Fsp3) is 0.290. The van der Waals surface area contributed by atoms with Gasteiger partial charge in [0, 0.05) is 24.8 Å². The highest BCUT2D eigenvalue weighted by atomic mass is 35.5. The van der Waals surface area contributed by atoms with Crippen LogP contribution in [0.1, 0.15) is 57.9 Å². The number of amides is 2. The van der Waals surface area contributed by atoms with Crippen molar-refractivity contribution < 1.29 is 14.1 Å². The molecule has 0 unspecified atom stereocenters. The van der Waals surface area contributed by atoms with Crippen LogP contribution in [0.25, 0.3) is 16.7 Å². The molecule has 5 aromatic rings. The Balaban J connectivity index is 1.14. The SMILES string of the molecule is Cc1ncc(Cl)cc1C(=O)N[C@H]1CC[C@H](Cn2c(=O)n(-c3ccc(C(=O)NCc4ccon4)nc3)c3ccccc32)CC1. The summed E-state index contributed by atoms with van der Waals surface area (Å²) >= 11 is 6.05. The van der Waals surface area contributed by atoms with Gasteiger partial charge in [0.05, 0.1) is 45.7 Å². The maximum atomic E-state index is 13.8. The summed E-state index contributed by atoms with van der Waals surface area (Å²) in [6, 6.07) is 14.4. The van der Waals surface area contributed by atoms with Gasteiger partial charge in [-0.05, 0) is 68.9 Å². The van der Waals surface area contributed by atoms with Crippen LogP contribution >= 0.6 is 11.6 Å². The molecular formula is C31H30ClN7O4. The highest BCUT2D eigenvalue weighted by molar-refractivity contribution is 6.30. The van der Waals surface area contributed by atoms with Crippen molar-refractivity contribution in [3.8, 4) is 5.69 Å². The molecule has 11 nitrogen and oxygen atoms in total.